The molecule has 1 saturated heterocycles. The van der Waals surface area contributed by atoms with Gasteiger partial charge in [-0.2, -0.15) is 0 Å². The van der Waals surface area contributed by atoms with E-state index in [1.165, 1.54) is 5.56 Å². The maximum Gasteiger partial charge on any atom is 0.135 e. The molecule has 0 aliphatic carbocycles. The lowest BCUT2D eigenvalue weighted by molar-refractivity contribution is 0.0936. The molecule has 1 aromatic carbocycles. The molecule has 1 fully saturated rings. The Morgan fingerprint density at radius 3 is 2.88 bits per heavy atom. The zero-order valence-corrected chi connectivity index (χ0v) is 14.9. The van der Waals surface area contributed by atoms with Crippen molar-refractivity contribution in [3.05, 3.63) is 70.1 Å². The van der Waals surface area contributed by atoms with Gasteiger partial charge in [0.25, 0.3) is 0 Å². The van der Waals surface area contributed by atoms with Gasteiger partial charge in [-0.3, -0.25) is 0 Å². The van der Waals surface area contributed by atoms with E-state index in [4.69, 9.17) is 9.72 Å². The summed E-state index contributed by atoms with van der Waals surface area (Å²) in [6.07, 6.45) is 2.58. The third kappa shape index (κ3) is 3.70. The molecule has 128 valence electrons. The van der Waals surface area contributed by atoms with E-state index in [1.807, 2.05) is 37.4 Å². The molecule has 4 rings (SSSR count). The average Bonchev–Trinajstić information content (AvgIpc) is 3.09. The second-order valence-electron chi connectivity index (χ2n) is 6.10. The van der Waals surface area contributed by atoms with Crippen LogP contribution in [0.5, 0.6) is 0 Å². The van der Waals surface area contributed by atoms with Crippen molar-refractivity contribution < 1.29 is 4.74 Å². The molecule has 0 N–H and O–H groups in total. The maximum atomic E-state index is 5.70. The Morgan fingerprint density at radius 1 is 1.20 bits per heavy atom. The monoisotopic (exact) mass is 352 g/mol. The average molecular weight is 352 g/mol. The van der Waals surface area contributed by atoms with E-state index in [0.29, 0.717) is 13.2 Å². The van der Waals surface area contributed by atoms with Crippen molar-refractivity contribution in [2.24, 2.45) is 0 Å². The molecule has 0 radical (unpaired) electrons. The summed E-state index contributed by atoms with van der Waals surface area (Å²) in [5, 5.41) is 3.17. The molecule has 6 heteroatoms. The van der Waals surface area contributed by atoms with Crippen LogP contribution in [-0.4, -0.2) is 34.7 Å². The molecule has 0 bridgehead atoms. The number of rotatable bonds is 4. The van der Waals surface area contributed by atoms with Gasteiger partial charge in [0.2, 0.25) is 0 Å². The number of aromatic nitrogens is 3. The summed E-state index contributed by atoms with van der Waals surface area (Å²) in [5.74, 6) is 1.78. The fourth-order valence-corrected chi connectivity index (χ4v) is 3.91. The fraction of sp³-hybridized carbons (Fsp3) is 0.316. The van der Waals surface area contributed by atoms with E-state index < -0.39 is 0 Å². The number of aryl methyl sites for hydroxylation is 1. The molecule has 5 nitrogen and oxygen atoms in total. The van der Waals surface area contributed by atoms with E-state index in [-0.39, 0.29) is 6.04 Å². The SMILES string of the molecule is Cc1csc(C2COCCN2c2ccnc(Cc3ccccc3)n2)n1. The van der Waals surface area contributed by atoms with Crippen LogP contribution in [0.25, 0.3) is 0 Å². The number of anilines is 1. The summed E-state index contributed by atoms with van der Waals surface area (Å²) in [6, 6.07) is 12.4. The standard InChI is InChI=1S/C19H20N4OS/c1-14-13-25-19(21-14)16-12-24-10-9-23(16)18-7-8-20-17(22-18)11-15-5-3-2-4-6-15/h2-8,13,16H,9-12H2,1H3. The van der Waals surface area contributed by atoms with Crippen molar-refractivity contribution in [3.8, 4) is 0 Å². The minimum atomic E-state index is 0.118. The molecule has 2 aromatic heterocycles. The fourth-order valence-electron chi connectivity index (χ4n) is 3.02. The van der Waals surface area contributed by atoms with Gasteiger partial charge in [-0.15, -0.1) is 11.3 Å². The predicted octanol–water partition coefficient (Wildman–Crippen LogP) is 3.41. The van der Waals surface area contributed by atoms with Crippen molar-refractivity contribution in [1.29, 1.82) is 0 Å². The van der Waals surface area contributed by atoms with Gasteiger partial charge in [-0.25, -0.2) is 15.0 Å². The summed E-state index contributed by atoms with van der Waals surface area (Å²) < 4.78 is 5.70. The highest BCUT2D eigenvalue weighted by Crippen LogP contribution is 2.30. The zero-order valence-electron chi connectivity index (χ0n) is 14.1. The number of hydrogen-bond donors (Lipinski definition) is 0. The van der Waals surface area contributed by atoms with Crippen LogP contribution in [0.1, 0.15) is 28.1 Å². The van der Waals surface area contributed by atoms with E-state index in [2.05, 4.69) is 32.4 Å². The summed E-state index contributed by atoms with van der Waals surface area (Å²) in [5.41, 5.74) is 2.27. The molecule has 1 aliphatic rings. The second-order valence-corrected chi connectivity index (χ2v) is 6.99. The molecule has 3 heterocycles. The lowest BCUT2D eigenvalue weighted by atomic mass is 10.1. The number of nitrogens with zero attached hydrogens (tertiary/aromatic N) is 4. The van der Waals surface area contributed by atoms with Crippen LogP contribution in [0.4, 0.5) is 5.82 Å². The van der Waals surface area contributed by atoms with Gasteiger partial charge in [0.1, 0.15) is 22.7 Å². The van der Waals surface area contributed by atoms with Crippen LogP contribution < -0.4 is 4.90 Å². The van der Waals surface area contributed by atoms with E-state index in [0.717, 1.165) is 35.3 Å². The quantitative estimate of drug-likeness (QED) is 0.720. The van der Waals surface area contributed by atoms with Gasteiger partial charge in [0.15, 0.2) is 0 Å². The first-order chi connectivity index (χ1) is 12.3. The van der Waals surface area contributed by atoms with E-state index >= 15 is 0 Å². The number of ether oxygens (including phenoxy) is 1. The first-order valence-corrected chi connectivity index (χ1v) is 9.30. The van der Waals surface area contributed by atoms with Crippen LogP contribution >= 0.6 is 11.3 Å². The third-order valence-corrected chi connectivity index (χ3v) is 5.30. The van der Waals surface area contributed by atoms with Crippen LogP contribution in [0.3, 0.4) is 0 Å². The minimum absolute atomic E-state index is 0.118. The van der Waals surface area contributed by atoms with Crippen LogP contribution in [0.2, 0.25) is 0 Å². The first kappa shape index (κ1) is 16.2. The molecule has 25 heavy (non-hydrogen) atoms. The summed E-state index contributed by atoms with van der Waals surface area (Å²) >= 11 is 1.69. The Balaban J connectivity index is 1.60. The first-order valence-electron chi connectivity index (χ1n) is 8.42. The van der Waals surface area contributed by atoms with Gasteiger partial charge in [0.05, 0.1) is 13.2 Å². The molecule has 0 saturated carbocycles. The van der Waals surface area contributed by atoms with Crippen molar-refractivity contribution in [3.63, 3.8) is 0 Å². The molecule has 1 unspecified atom stereocenters. The Labute approximate surface area is 151 Å². The molecule has 1 atom stereocenters. The van der Waals surface area contributed by atoms with Crippen molar-refractivity contribution >= 4 is 17.2 Å². The van der Waals surface area contributed by atoms with E-state index in [9.17, 15) is 0 Å². The van der Waals surface area contributed by atoms with Gasteiger partial charge in [-0.05, 0) is 18.6 Å². The number of thiazole rings is 1. The van der Waals surface area contributed by atoms with Crippen molar-refractivity contribution in [2.75, 3.05) is 24.7 Å². The molecular weight excluding hydrogens is 332 g/mol. The van der Waals surface area contributed by atoms with E-state index in [1.54, 1.807) is 11.3 Å². The van der Waals surface area contributed by atoms with Crippen LogP contribution in [-0.2, 0) is 11.2 Å². The van der Waals surface area contributed by atoms with Crippen LogP contribution in [0, 0.1) is 6.92 Å². The molecule has 3 aromatic rings. The molecule has 0 spiro atoms. The zero-order chi connectivity index (χ0) is 17.1. The second kappa shape index (κ2) is 7.29. The van der Waals surface area contributed by atoms with Crippen LogP contribution in [0.15, 0.2) is 48.0 Å². The highest BCUT2D eigenvalue weighted by atomic mass is 32.1. The largest absolute Gasteiger partial charge is 0.377 e. The smallest absolute Gasteiger partial charge is 0.135 e. The number of hydrogen-bond acceptors (Lipinski definition) is 6. The maximum absolute atomic E-state index is 5.70. The Morgan fingerprint density at radius 2 is 2.08 bits per heavy atom. The predicted molar refractivity (Wildman–Crippen MR) is 99.0 cm³/mol. The highest BCUT2D eigenvalue weighted by molar-refractivity contribution is 7.09. The van der Waals surface area contributed by atoms with Crippen molar-refractivity contribution in [2.45, 2.75) is 19.4 Å². The van der Waals surface area contributed by atoms with Crippen molar-refractivity contribution in [1.82, 2.24) is 15.0 Å². The van der Waals surface area contributed by atoms with Gasteiger partial charge < -0.3 is 9.64 Å². The molecule has 0 amide bonds. The Hall–Kier alpha value is -2.31. The minimum Gasteiger partial charge on any atom is -0.377 e. The Kier molecular flexibility index (Phi) is 4.72. The highest BCUT2D eigenvalue weighted by Gasteiger charge is 2.28. The Bertz CT molecular complexity index is 836. The summed E-state index contributed by atoms with van der Waals surface area (Å²) in [7, 11) is 0. The van der Waals surface area contributed by atoms with Gasteiger partial charge in [0, 0.05) is 30.2 Å². The number of benzene rings is 1. The topological polar surface area (TPSA) is 51.1 Å². The lowest BCUT2D eigenvalue weighted by Crippen LogP contribution is -2.40. The normalized spacial score (nSPS) is 17.6. The lowest BCUT2D eigenvalue weighted by Gasteiger charge is -2.35. The summed E-state index contributed by atoms with van der Waals surface area (Å²) in [4.78, 5) is 16.2. The molecular formula is C19H20N4OS. The van der Waals surface area contributed by atoms with Gasteiger partial charge in [-0.1, -0.05) is 30.3 Å². The van der Waals surface area contributed by atoms with Gasteiger partial charge >= 0.3 is 0 Å². The molecule has 1 aliphatic heterocycles. The number of morpholine rings is 1. The third-order valence-electron chi connectivity index (χ3n) is 4.24. The summed E-state index contributed by atoms with van der Waals surface area (Å²) in [6.45, 7) is 4.19.